The Balaban J connectivity index is 2.34. The van der Waals surface area contributed by atoms with Gasteiger partial charge in [-0.05, 0) is 46.6 Å². The van der Waals surface area contributed by atoms with E-state index in [0.29, 0.717) is 10.7 Å². The number of rotatable bonds is 2. The second-order valence-electron chi connectivity index (χ2n) is 3.99. The molecule has 19 heavy (non-hydrogen) atoms. The molecule has 0 aliphatic carbocycles. The summed E-state index contributed by atoms with van der Waals surface area (Å²) in [6, 6.07) is 9.61. The molecule has 2 aromatic carbocycles. The van der Waals surface area contributed by atoms with Crippen LogP contribution in [0, 0.1) is 12.7 Å². The second-order valence-corrected chi connectivity index (χ2v) is 5.19. The number of hydrogen-bond acceptors (Lipinski definition) is 1. The van der Waals surface area contributed by atoms with Gasteiger partial charge in [0.25, 0.3) is 5.91 Å². The largest absolute Gasteiger partial charge is 0.320 e. The van der Waals surface area contributed by atoms with Gasteiger partial charge in [0, 0.05) is 0 Å². The highest BCUT2D eigenvalue weighted by Gasteiger charge is 2.15. The summed E-state index contributed by atoms with van der Waals surface area (Å²) in [6.07, 6.45) is 0. The Bertz CT molecular complexity index is 625. The van der Waals surface area contributed by atoms with Gasteiger partial charge in [0.1, 0.15) is 5.82 Å². The van der Waals surface area contributed by atoms with Gasteiger partial charge >= 0.3 is 0 Å². The number of nitrogens with one attached hydrogen (secondary N) is 1. The van der Waals surface area contributed by atoms with E-state index in [1.165, 1.54) is 18.2 Å². The van der Waals surface area contributed by atoms with Crippen LogP contribution in [0.1, 0.15) is 15.9 Å². The molecule has 0 aliphatic rings. The Morgan fingerprint density at radius 2 is 1.95 bits per heavy atom. The van der Waals surface area contributed by atoms with E-state index >= 15 is 0 Å². The van der Waals surface area contributed by atoms with E-state index in [9.17, 15) is 9.18 Å². The number of aryl methyl sites for hydroxylation is 1. The Hall–Kier alpha value is -1.39. The van der Waals surface area contributed by atoms with E-state index in [-0.39, 0.29) is 10.0 Å². The van der Waals surface area contributed by atoms with Crippen molar-refractivity contribution >= 4 is 39.1 Å². The summed E-state index contributed by atoms with van der Waals surface area (Å²) in [5.74, 6) is -0.897. The lowest BCUT2D eigenvalue weighted by molar-refractivity contribution is 0.102. The van der Waals surface area contributed by atoms with E-state index in [1.54, 1.807) is 12.1 Å². The van der Waals surface area contributed by atoms with Gasteiger partial charge < -0.3 is 5.32 Å². The molecule has 98 valence electrons. The predicted octanol–water partition coefficient (Wildman–Crippen LogP) is 4.80. The zero-order valence-corrected chi connectivity index (χ0v) is 12.3. The molecule has 0 saturated heterocycles. The van der Waals surface area contributed by atoms with Crippen molar-refractivity contribution in [3.63, 3.8) is 0 Å². The molecule has 0 atom stereocenters. The molecule has 0 unspecified atom stereocenters. The summed E-state index contributed by atoms with van der Waals surface area (Å²) in [7, 11) is 0. The molecule has 0 fully saturated rings. The average molecular weight is 343 g/mol. The SMILES string of the molecule is Cc1cccc(Cl)c1NC(=O)c1cccc(F)c1Br. The minimum absolute atomic E-state index is 0.136. The molecule has 1 N–H and O–H groups in total. The summed E-state index contributed by atoms with van der Waals surface area (Å²) >= 11 is 9.09. The molecule has 1 amide bonds. The molecular formula is C14H10BrClFNO. The summed E-state index contributed by atoms with van der Waals surface area (Å²) in [5, 5.41) is 3.14. The maximum absolute atomic E-state index is 13.4. The minimum atomic E-state index is -0.483. The van der Waals surface area contributed by atoms with Gasteiger partial charge in [-0.15, -0.1) is 0 Å². The van der Waals surface area contributed by atoms with Crippen LogP contribution in [-0.2, 0) is 0 Å². The van der Waals surface area contributed by atoms with Gasteiger partial charge in [0.2, 0.25) is 0 Å². The average Bonchev–Trinajstić information content (AvgIpc) is 2.37. The van der Waals surface area contributed by atoms with E-state index in [1.807, 2.05) is 13.0 Å². The molecule has 5 heteroatoms. The monoisotopic (exact) mass is 341 g/mol. The molecule has 0 aromatic heterocycles. The van der Waals surface area contributed by atoms with Crippen LogP contribution in [0.25, 0.3) is 0 Å². The van der Waals surface area contributed by atoms with Crippen molar-refractivity contribution in [3.8, 4) is 0 Å². The van der Waals surface area contributed by atoms with Crippen LogP contribution in [-0.4, -0.2) is 5.91 Å². The zero-order valence-electron chi connectivity index (χ0n) is 10.0. The molecule has 2 aromatic rings. The fraction of sp³-hybridized carbons (Fsp3) is 0.0714. The molecule has 0 heterocycles. The van der Waals surface area contributed by atoms with Crippen LogP contribution in [0.2, 0.25) is 5.02 Å². The lowest BCUT2D eigenvalue weighted by atomic mass is 10.1. The van der Waals surface area contributed by atoms with Gasteiger partial charge in [-0.1, -0.05) is 29.8 Å². The van der Waals surface area contributed by atoms with Gasteiger partial charge in [-0.3, -0.25) is 4.79 Å². The first-order valence-corrected chi connectivity index (χ1v) is 6.68. The predicted molar refractivity (Wildman–Crippen MR) is 78.2 cm³/mol. The van der Waals surface area contributed by atoms with E-state index in [2.05, 4.69) is 21.2 Å². The summed E-state index contributed by atoms with van der Waals surface area (Å²) in [6.45, 7) is 1.84. The number of benzene rings is 2. The van der Waals surface area contributed by atoms with Gasteiger partial charge in [0.05, 0.1) is 20.7 Å². The summed E-state index contributed by atoms with van der Waals surface area (Å²) < 4.78 is 13.5. The molecule has 0 radical (unpaired) electrons. The molecule has 0 bridgehead atoms. The molecule has 2 nitrogen and oxygen atoms in total. The maximum atomic E-state index is 13.4. The normalized spacial score (nSPS) is 10.3. The lowest BCUT2D eigenvalue weighted by Gasteiger charge is -2.11. The van der Waals surface area contributed by atoms with Crippen molar-refractivity contribution in [2.75, 3.05) is 5.32 Å². The molecule has 0 spiro atoms. The zero-order chi connectivity index (χ0) is 14.0. The van der Waals surface area contributed by atoms with Crippen LogP contribution in [0.5, 0.6) is 0 Å². The summed E-state index contributed by atoms with van der Waals surface area (Å²) in [4.78, 5) is 12.1. The van der Waals surface area contributed by atoms with E-state index < -0.39 is 11.7 Å². The molecular weight excluding hydrogens is 333 g/mol. The van der Waals surface area contributed by atoms with Crippen molar-refractivity contribution < 1.29 is 9.18 Å². The number of para-hydroxylation sites is 1. The molecule has 2 rings (SSSR count). The van der Waals surface area contributed by atoms with E-state index in [0.717, 1.165) is 5.56 Å². The quantitative estimate of drug-likeness (QED) is 0.834. The van der Waals surface area contributed by atoms with Crippen molar-refractivity contribution in [1.82, 2.24) is 0 Å². The first kappa shape index (κ1) is 14.0. The Morgan fingerprint density at radius 3 is 2.63 bits per heavy atom. The van der Waals surface area contributed by atoms with Crippen molar-refractivity contribution in [1.29, 1.82) is 0 Å². The second kappa shape index (κ2) is 5.72. The summed E-state index contributed by atoms with van der Waals surface area (Å²) in [5.41, 5.74) is 1.60. The first-order chi connectivity index (χ1) is 9.00. The molecule has 0 aliphatic heterocycles. The van der Waals surface area contributed by atoms with Crippen LogP contribution in [0.3, 0.4) is 0 Å². The number of amides is 1. The highest BCUT2D eigenvalue weighted by Crippen LogP contribution is 2.27. The highest BCUT2D eigenvalue weighted by molar-refractivity contribution is 9.10. The van der Waals surface area contributed by atoms with Gasteiger partial charge in [-0.25, -0.2) is 4.39 Å². The van der Waals surface area contributed by atoms with Crippen LogP contribution in [0.15, 0.2) is 40.9 Å². The van der Waals surface area contributed by atoms with Gasteiger partial charge in [0.15, 0.2) is 0 Å². The molecule has 0 saturated carbocycles. The van der Waals surface area contributed by atoms with E-state index in [4.69, 9.17) is 11.6 Å². The third-order valence-corrected chi connectivity index (χ3v) is 3.78. The lowest BCUT2D eigenvalue weighted by Crippen LogP contribution is -2.14. The van der Waals surface area contributed by atoms with Crippen molar-refractivity contribution in [2.24, 2.45) is 0 Å². The van der Waals surface area contributed by atoms with Crippen LogP contribution >= 0.6 is 27.5 Å². The first-order valence-electron chi connectivity index (χ1n) is 5.51. The highest BCUT2D eigenvalue weighted by atomic mass is 79.9. The fourth-order valence-electron chi connectivity index (χ4n) is 1.65. The Kier molecular flexibility index (Phi) is 4.22. The number of halogens is 3. The standard InChI is InChI=1S/C14H10BrClFNO/c1-8-4-2-6-10(16)13(8)18-14(19)9-5-3-7-11(17)12(9)15/h2-7H,1H3,(H,18,19). The van der Waals surface area contributed by atoms with Crippen molar-refractivity contribution in [3.05, 3.63) is 62.8 Å². The maximum Gasteiger partial charge on any atom is 0.256 e. The Labute approximate surface area is 123 Å². The third kappa shape index (κ3) is 2.96. The van der Waals surface area contributed by atoms with Crippen LogP contribution < -0.4 is 5.32 Å². The van der Waals surface area contributed by atoms with Crippen LogP contribution in [0.4, 0.5) is 10.1 Å². The fourth-order valence-corrected chi connectivity index (χ4v) is 2.36. The van der Waals surface area contributed by atoms with Gasteiger partial charge in [-0.2, -0.15) is 0 Å². The number of anilines is 1. The Morgan fingerprint density at radius 1 is 1.26 bits per heavy atom. The minimum Gasteiger partial charge on any atom is -0.320 e. The smallest absolute Gasteiger partial charge is 0.256 e. The topological polar surface area (TPSA) is 29.1 Å². The third-order valence-electron chi connectivity index (χ3n) is 2.66. The van der Waals surface area contributed by atoms with Crippen molar-refractivity contribution in [2.45, 2.75) is 6.92 Å². The number of carbonyl (C=O) groups is 1. The number of hydrogen-bond donors (Lipinski definition) is 1. The number of carbonyl (C=O) groups excluding carboxylic acids is 1.